The summed E-state index contributed by atoms with van der Waals surface area (Å²) < 4.78 is 0. The van der Waals surface area contributed by atoms with Crippen molar-refractivity contribution < 1.29 is 9.59 Å². The third-order valence-corrected chi connectivity index (χ3v) is 2.97. The number of hydrogen-bond donors (Lipinski definition) is 1. The lowest BCUT2D eigenvalue weighted by Crippen LogP contribution is -2.36. The van der Waals surface area contributed by atoms with Gasteiger partial charge in [0, 0.05) is 19.2 Å². The van der Waals surface area contributed by atoms with Crippen LogP contribution >= 0.6 is 0 Å². The van der Waals surface area contributed by atoms with E-state index in [9.17, 15) is 9.59 Å². The monoisotopic (exact) mass is 262 g/mol. The van der Waals surface area contributed by atoms with E-state index in [1.807, 2.05) is 31.2 Å². The number of anilines is 1. The highest BCUT2D eigenvalue weighted by molar-refractivity contribution is 6.00. The zero-order chi connectivity index (χ0) is 14.4. The van der Waals surface area contributed by atoms with Crippen LogP contribution in [0.15, 0.2) is 24.3 Å². The van der Waals surface area contributed by atoms with Crippen molar-refractivity contribution >= 4 is 17.6 Å². The molecule has 4 nitrogen and oxygen atoms in total. The maximum atomic E-state index is 11.8. The van der Waals surface area contributed by atoms with Crippen LogP contribution in [0, 0.1) is 0 Å². The first-order valence-electron chi connectivity index (χ1n) is 6.63. The van der Waals surface area contributed by atoms with Crippen LogP contribution in [0.3, 0.4) is 0 Å². The molecule has 0 aliphatic rings. The predicted molar refractivity (Wildman–Crippen MR) is 77.2 cm³/mol. The van der Waals surface area contributed by atoms with E-state index < -0.39 is 6.03 Å². The molecule has 3 amide bonds. The Bertz CT molecular complexity index is 438. The first-order valence-corrected chi connectivity index (χ1v) is 6.63. The molecule has 0 aromatic heterocycles. The smallest absolute Gasteiger partial charge is 0.307 e. The van der Waals surface area contributed by atoms with Crippen LogP contribution in [0.25, 0.3) is 0 Å². The summed E-state index contributed by atoms with van der Waals surface area (Å²) in [4.78, 5) is 24.5. The zero-order valence-electron chi connectivity index (χ0n) is 12.1. The van der Waals surface area contributed by atoms with Gasteiger partial charge in [-0.05, 0) is 30.0 Å². The van der Waals surface area contributed by atoms with Crippen LogP contribution in [0.1, 0.15) is 45.1 Å². The van der Waals surface area contributed by atoms with Crippen molar-refractivity contribution in [3.8, 4) is 0 Å². The van der Waals surface area contributed by atoms with Gasteiger partial charge in [-0.3, -0.25) is 9.69 Å². The van der Waals surface area contributed by atoms with Gasteiger partial charge in [0.05, 0.1) is 0 Å². The van der Waals surface area contributed by atoms with Crippen molar-refractivity contribution in [1.29, 1.82) is 0 Å². The molecule has 0 bridgehead atoms. The van der Waals surface area contributed by atoms with Crippen molar-refractivity contribution in [3.63, 3.8) is 0 Å². The summed E-state index contributed by atoms with van der Waals surface area (Å²) in [5.41, 5.74) is 1.92. The van der Waals surface area contributed by atoms with E-state index in [2.05, 4.69) is 19.2 Å². The van der Waals surface area contributed by atoms with E-state index in [0.29, 0.717) is 18.0 Å². The van der Waals surface area contributed by atoms with Gasteiger partial charge in [0.15, 0.2) is 0 Å². The summed E-state index contributed by atoms with van der Waals surface area (Å²) in [5.74, 6) is 0.289. The third kappa shape index (κ3) is 4.39. The first-order chi connectivity index (χ1) is 8.95. The molecule has 0 radical (unpaired) electrons. The fourth-order valence-corrected chi connectivity index (χ4v) is 1.65. The standard InChI is InChI=1S/C15H22N2O2/c1-5-6-14(18)17(4)15(19)16-13-9-7-12(8-10-13)11(2)3/h7-11H,5-6H2,1-4H3,(H,16,19). The van der Waals surface area contributed by atoms with Crippen molar-refractivity contribution in [2.75, 3.05) is 12.4 Å². The van der Waals surface area contributed by atoms with Gasteiger partial charge in [-0.2, -0.15) is 0 Å². The van der Waals surface area contributed by atoms with Crippen LogP contribution < -0.4 is 5.32 Å². The lowest BCUT2D eigenvalue weighted by atomic mass is 10.0. The molecule has 1 aromatic rings. The van der Waals surface area contributed by atoms with E-state index in [1.165, 1.54) is 12.6 Å². The second-order valence-electron chi connectivity index (χ2n) is 4.91. The highest BCUT2D eigenvalue weighted by Gasteiger charge is 2.15. The number of imide groups is 1. The fourth-order valence-electron chi connectivity index (χ4n) is 1.65. The molecule has 104 valence electrons. The normalized spacial score (nSPS) is 10.4. The Balaban J connectivity index is 2.64. The Labute approximate surface area is 114 Å². The Morgan fingerprint density at radius 1 is 1.21 bits per heavy atom. The topological polar surface area (TPSA) is 49.4 Å². The number of urea groups is 1. The summed E-state index contributed by atoms with van der Waals surface area (Å²) in [6.45, 7) is 6.14. The number of carbonyl (C=O) groups is 2. The molecule has 1 N–H and O–H groups in total. The van der Waals surface area contributed by atoms with Gasteiger partial charge in [0.2, 0.25) is 5.91 Å². The minimum Gasteiger partial charge on any atom is -0.307 e. The summed E-state index contributed by atoms with van der Waals surface area (Å²) in [6, 6.07) is 7.27. The maximum absolute atomic E-state index is 11.8. The zero-order valence-corrected chi connectivity index (χ0v) is 12.1. The molecule has 0 aliphatic heterocycles. The molecule has 0 saturated carbocycles. The summed E-state index contributed by atoms with van der Waals surface area (Å²) in [6.07, 6.45) is 1.12. The van der Waals surface area contributed by atoms with E-state index in [-0.39, 0.29) is 5.91 Å². The van der Waals surface area contributed by atoms with Gasteiger partial charge in [-0.1, -0.05) is 32.9 Å². The number of amides is 3. The Kier molecular flexibility index (Phi) is 5.55. The van der Waals surface area contributed by atoms with Crippen molar-refractivity contribution in [2.45, 2.75) is 39.5 Å². The van der Waals surface area contributed by atoms with Crippen LogP contribution in [0.2, 0.25) is 0 Å². The molecular formula is C15H22N2O2. The second-order valence-corrected chi connectivity index (χ2v) is 4.91. The fraction of sp³-hybridized carbons (Fsp3) is 0.467. The summed E-state index contributed by atoms with van der Waals surface area (Å²) >= 11 is 0. The quantitative estimate of drug-likeness (QED) is 0.901. The molecule has 0 heterocycles. The van der Waals surface area contributed by atoms with Crippen LogP contribution in [0.4, 0.5) is 10.5 Å². The first kappa shape index (κ1) is 15.2. The molecule has 0 aliphatic carbocycles. The molecule has 19 heavy (non-hydrogen) atoms. The average molecular weight is 262 g/mol. The van der Waals surface area contributed by atoms with Gasteiger partial charge >= 0.3 is 6.03 Å². The Morgan fingerprint density at radius 2 is 1.79 bits per heavy atom. The number of benzene rings is 1. The summed E-state index contributed by atoms with van der Waals surface area (Å²) in [7, 11) is 1.50. The number of carbonyl (C=O) groups excluding carboxylic acids is 2. The molecule has 0 fully saturated rings. The third-order valence-electron chi connectivity index (χ3n) is 2.97. The summed E-state index contributed by atoms with van der Waals surface area (Å²) in [5, 5.41) is 2.71. The highest BCUT2D eigenvalue weighted by Crippen LogP contribution is 2.17. The van der Waals surface area contributed by atoms with Gasteiger partial charge in [-0.25, -0.2) is 4.79 Å². The van der Waals surface area contributed by atoms with Gasteiger partial charge < -0.3 is 5.32 Å². The van der Waals surface area contributed by atoms with Crippen LogP contribution in [-0.2, 0) is 4.79 Å². The number of rotatable bonds is 4. The molecule has 0 spiro atoms. The van der Waals surface area contributed by atoms with E-state index in [4.69, 9.17) is 0 Å². The lowest BCUT2D eigenvalue weighted by molar-refractivity contribution is -0.127. The van der Waals surface area contributed by atoms with Crippen molar-refractivity contribution in [3.05, 3.63) is 29.8 Å². The molecule has 1 aromatic carbocycles. The van der Waals surface area contributed by atoms with Crippen molar-refractivity contribution in [2.24, 2.45) is 0 Å². The molecule has 0 unspecified atom stereocenters. The predicted octanol–water partition coefficient (Wildman–Crippen LogP) is 3.60. The van der Waals surface area contributed by atoms with Crippen molar-refractivity contribution in [1.82, 2.24) is 4.90 Å². The maximum Gasteiger partial charge on any atom is 0.328 e. The molecule has 1 rings (SSSR count). The number of nitrogens with zero attached hydrogens (tertiary/aromatic N) is 1. The largest absolute Gasteiger partial charge is 0.328 e. The van der Waals surface area contributed by atoms with Gasteiger partial charge in [0.1, 0.15) is 0 Å². The Morgan fingerprint density at radius 3 is 2.26 bits per heavy atom. The van der Waals surface area contributed by atoms with E-state index in [0.717, 1.165) is 11.3 Å². The number of hydrogen-bond acceptors (Lipinski definition) is 2. The molecule has 0 saturated heterocycles. The second kappa shape index (κ2) is 6.92. The minimum atomic E-state index is -0.393. The van der Waals surface area contributed by atoms with E-state index >= 15 is 0 Å². The highest BCUT2D eigenvalue weighted by atomic mass is 16.2. The average Bonchev–Trinajstić information content (AvgIpc) is 2.38. The Hall–Kier alpha value is -1.84. The molecule has 4 heteroatoms. The van der Waals surface area contributed by atoms with Crippen LogP contribution in [0.5, 0.6) is 0 Å². The molecule has 0 atom stereocenters. The van der Waals surface area contributed by atoms with Crippen LogP contribution in [-0.4, -0.2) is 23.9 Å². The molecular weight excluding hydrogens is 240 g/mol. The lowest BCUT2D eigenvalue weighted by Gasteiger charge is -2.16. The SMILES string of the molecule is CCCC(=O)N(C)C(=O)Nc1ccc(C(C)C)cc1. The van der Waals surface area contributed by atoms with Gasteiger partial charge in [-0.15, -0.1) is 0 Å². The van der Waals surface area contributed by atoms with E-state index in [1.54, 1.807) is 0 Å². The van der Waals surface area contributed by atoms with Gasteiger partial charge in [0.25, 0.3) is 0 Å². The number of nitrogens with one attached hydrogen (secondary N) is 1. The minimum absolute atomic E-state index is 0.168.